The fourth-order valence-corrected chi connectivity index (χ4v) is 2.73. The van der Waals surface area contributed by atoms with Crippen LogP contribution in [0.15, 0.2) is 18.2 Å². The third-order valence-electron chi connectivity index (χ3n) is 4.05. The minimum absolute atomic E-state index is 0.283. The number of hydrogen-bond donors (Lipinski definition) is 0. The predicted molar refractivity (Wildman–Crippen MR) is 85.9 cm³/mol. The van der Waals surface area contributed by atoms with Gasteiger partial charge in [-0.1, -0.05) is 0 Å². The van der Waals surface area contributed by atoms with E-state index in [1.165, 1.54) is 23.9 Å². The Hall–Kier alpha value is -1.81. The molecule has 0 bridgehead atoms. The molecule has 4 nitrogen and oxygen atoms in total. The molecule has 0 saturated heterocycles. The van der Waals surface area contributed by atoms with Crippen LogP contribution in [0.4, 0.5) is 0 Å². The quantitative estimate of drug-likeness (QED) is 0.793. The van der Waals surface area contributed by atoms with Crippen LogP contribution in [0.5, 0.6) is 0 Å². The van der Waals surface area contributed by atoms with Crippen LogP contribution in [0.2, 0.25) is 0 Å². The van der Waals surface area contributed by atoms with Crippen LogP contribution >= 0.6 is 0 Å². The van der Waals surface area contributed by atoms with Crippen molar-refractivity contribution in [3.8, 4) is 0 Å². The van der Waals surface area contributed by atoms with Gasteiger partial charge in [-0.15, -0.1) is 0 Å². The molecular formula is C17H24N2O2. The molecule has 0 aliphatic heterocycles. The molecule has 4 heteroatoms. The normalized spacial score (nSPS) is 11.3. The second-order valence-electron chi connectivity index (χ2n) is 5.74. The molecule has 114 valence electrons. The maximum atomic E-state index is 11.7. The van der Waals surface area contributed by atoms with Gasteiger partial charge in [-0.2, -0.15) is 0 Å². The standard InChI is InChI=1S/C17H24N2O2/c1-12-13(2)19(10-6-9-18(3)4)16-8-7-14(11-15(12)16)17(20)21-5/h7-8,11H,6,9-10H2,1-5H3. The van der Waals surface area contributed by atoms with Gasteiger partial charge in [0.2, 0.25) is 0 Å². The molecule has 0 aliphatic carbocycles. The molecule has 0 N–H and O–H groups in total. The van der Waals surface area contributed by atoms with E-state index in [1.807, 2.05) is 18.2 Å². The molecular weight excluding hydrogens is 264 g/mol. The van der Waals surface area contributed by atoms with Crippen molar-refractivity contribution >= 4 is 16.9 Å². The number of rotatable bonds is 5. The van der Waals surface area contributed by atoms with Crippen molar-refractivity contribution in [1.29, 1.82) is 0 Å². The van der Waals surface area contributed by atoms with Crippen LogP contribution in [-0.2, 0) is 11.3 Å². The van der Waals surface area contributed by atoms with Crippen molar-refractivity contribution in [2.75, 3.05) is 27.7 Å². The third-order valence-corrected chi connectivity index (χ3v) is 4.05. The van der Waals surface area contributed by atoms with Crippen molar-refractivity contribution in [3.63, 3.8) is 0 Å². The number of ether oxygens (including phenoxy) is 1. The van der Waals surface area contributed by atoms with E-state index in [0.717, 1.165) is 24.9 Å². The lowest BCUT2D eigenvalue weighted by atomic mass is 10.1. The summed E-state index contributed by atoms with van der Waals surface area (Å²) in [5.74, 6) is -0.283. The van der Waals surface area contributed by atoms with Crippen LogP contribution in [0, 0.1) is 13.8 Å². The second kappa shape index (κ2) is 6.31. The van der Waals surface area contributed by atoms with Gasteiger partial charge in [0.25, 0.3) is 0 Å². The Bertz CT molecular complexity index is 656. The highest BCUT2D eigenvalue weighted by Gasteiger charge is 2.13. The molecule has 0 spiro atoms. The molecule has 2 rings (SSSR count). The number of fused-ring (bicyclic) bond motifs is 1. The summed E-state index contributed by atoms with van der Waals surface area (Å²) in [5.41, 5.74) is 4.31. The molecule has 0 radical (unpaired) electrons. The maximum absolute atomic E-state index is 11.7. The zero-order chi connectivity index (χ0) is 15.6. The first-order chi connectivity index (χ1) is 9.95. The van der Waals surface area contributed by atoms with Crippen molar-refractivity contribution in [2.24, 2.45) is 0 Å². The molecule has 0 amide bonds. The number of esters is 1. The maximum Gasteiger partial charge on any atom is 0.337 e. The molecule has 0 aliphatic rings. The van der Waals surface area contributed by atoms with Gasteiger partial charge in [0.05, 0.1) is 12.7 Å². The Balaban J connectivity index is 2.38. The van der Waals surface area contributed by atoms with E-state index in [0.29, 0.717) is 5.56 Å². The Labute approximate surface area is 126 Å². The number of aromatic nitrogens is 1. The van der Waals surface area contributed by atoms with Gasteiger partial charge < -0.3 is 14.2 Å². The van der Waals surface area contributed by atoms with E-state index in [9.17, 15) is 4.79 Å². The largest absolute Gasteiger partial charge is 0.465 e. The predicted octanol–water partition coefficient (Wildman–Crippen LogP) is 3.00. The summed E-state index contributed by atoms with van der Waals surface area (Å²) in [5, 5.41) is 1.14. The van der Waals surface area contributed by atoms with Crippen molar-refractivity contribution in [2.45, 2.75) is 26.8 Å². The highest BCUT2D eigenvalue weighted by Crippen LogP contribution is 2.26. The summed E-state index contributed by atoms with van der Waals surface area (Å²) in [6, 6.07) is 5.80. The SMILES string of the molecule is COC(=O)c1ccc2c(c1)c(C)c(C)n2CCCN(C)C. The summed E-state index contributed by atoms with van der Waals surface area (Å²) in [4.78, 5) is 13.9. The number of benzene rings is 1. The number of nitrogens with zero attached hydrogens (tertiary/aromatic N) is 2. The minimum Gasteiger partial charge on any atom is -0.465 e. The molecule has 21 heavy (non-hydrogen) atoms. The Morgan fingerprint density at radius 3 is 2.62 bits per heavy atom. The Kier molecular flexibility index (Phi) is 4.68. The molecule has 0 unspecified atom stereocenters. The van der Waals surface area contributed by atoms with E-state index in [-0.39, 0.29) is 5.97 Å². The molecule has 1 heterocycles. The first kappa shape index (κ1) is 15.6. The molecule has 0 fully saturated rings. The fourth-order valence-electron chi connectivity index (χ4n) is 2.73. The first-order valence-electron chi connectivity index (χ1n) is 7.28. The van der Waals surface area contributed by atoms with Gasteiger partial charge in [-0.25, -0.2) is 4.79 Å². The zero-order valence-electron chi connectivity index (χ0n) is 13.6. The van der Waals surface area contributed by atoms with Crippen LogP contribution < -0.4 is 0 Å². The van der Waals surface area contributed by atoms with Crippen LogP contribution in [0.1, 0.15) is 28.0 Å². The molecule has 1 aromatic carbocycles. The highest BCUT2D eigenvalue weighted by molar-refractivity contribution is 5.96. The van der Waals surface area contributed by atoms with E-state index in [4.69, 9.17) is 4.74 Å². The van der Waals surface area contributed by atoms with E-state index >= 15 is 0 Å². The van der Waals surface area contributed by atoms with Crippen molar-refractivity contribution < 1.29 is 9.53 Å². The summed E-state index contributed by atoms with van der Waals surface area (Å²) in [6.45, 7) is 6.31. The van der Waals surface area contributed by atoms with Crippen molar-refractivity contribution in [1.82, 2.24) is 9.47 Å². The second-order valence-corrected chi connectivity index (χ2v) is 5.74. The van der Waals surface area contributed by atoms with Gasteiger partial charge in [-0.3, -0.25) is 0 Å². The number of aryl methyl sites for hydroxylation is 2. The van der Waals surface area contributed by atoms with Gasteiger partial charge >= 0.3 is 5.97 Å². The number of methoxy groups -OCH3 is 1. The van der Waals surface area contributed by atoms with Gasteiger partial charge in [0.1, 0.15) is 0 Å². The van der Waals surface area contributed by atoms with Crippen LogP contribution in [-0.4, -0.2) is 43.2 Å². The Morgan fingerprint density at radius 1 is 1.29 bits per heavy atom. The Morgan fingerprint density at radius 2 is 2.00 bits per heavy atom. The van der Waals surface area contributed by atoms with E-state index < -0.39 is 0 Å². The third kappa shape index (κ3) is 3.10. The van der Waals surface area contributed by atoms with E-state index in [2.05, 4.69) is 37.4 Å². The van der Waals surface area contributed by atoms with Gasteiger partial charge in [-0.05, 0) is 64.7 Å². The lowest BCUT2D eigenvalue weighted by Crippen LogP contribution is -2.15. The molecule has 1 aromatic heterocycles. The number of carbonyl (C=O) groups excluding carboxylic acids is 1. The fraction of sp³-hybridized carbons (Fsp3) is 0.471. The summed E-state index contributed by atoms with van der Waals surface area (Å²) in [7, 11) is 5.60. The first-order valence-corrected chi connectivity index (χ1v) is 7.28. The molecule has 2 aromatic rings. The summed E-state index contributed by atoms with van der Waals surface area (Å²) >= 11 is 0. The smallest absolute Gasteiger partial charge is 0.337 e. The monoisotopic (exact) mass is 288 g/mol. The summed E-state index contributed by atoms with van der Waals surface area (Å²) < 4.78 is 7.14. The lowest BCUT2D eigenvalue weighted by molar-refractivity contribution is 0.0601. The van der Waals surface area contributed by atoms with E-state index in [1.54, 1.807) is 0 Å². The number of carbonyl (C=O) groups is 1. The van der Waals surface area contributed by atoms with Crippen LogP contribution in [0.25, 0.3) is 10.9 Å². The molecule has 0 saturated carbocycles. The topological polar surface area (TPSA) is 34.5 Å². The highest BCUT2D eigenvalue weighted by atomic mass is 16.5. The summed E-state index contributed by atoms with van der Waals surface area (Å²) in [6.07, 6.45) is 1.11. The average Bonchev–Trinajstić information content (AvgIpc) is 2.70. The molecule has 0 atom stereocenters. The number of hydrogen-bond acceptors (Lipinski definition) is 3. The van der Waals surface area contributed by atoms with Crippen LogP contribution in [0.3, 0.4) is 0 Å². The minimum atomic E-state index is -0.283. The average molecular weight is 288 g/mol. The zero-order valence-corrected chi connectivity index (χ0v) is 13.6. The van der Waals surface area contributed by atoms with Crippen molar-refractivity contribution in [3.05, 3.63) is 35.0 Å². The van der Waals surface area contributed by atoms with Gasteiger partial charge in [0, 0.05) is 23.1 Å². The lowest BCUT2D eigenvalue weighted by Gasteiger charge is -2.12. The van der Waals surface area contributed by atoms with Gasteiger partial charge in [0.15, 0.2) is 0 Å².